The summed E-state index contributed by atoms with van der Waals surface area (Å²) in [5.74, 6) is -1.60. The van der Waals surface area contributed by atoms with E-state index < -0.39 is 11.8 Å². The van der Waals surface area contributed by atoms with Crippen LogP contribution >= 0.6 is 0 Å². The second kappa shape index (κ2) is 6.23. The fraction of sp³-hybridized carbons (Fsp3) is 0.462. The van der Waals surface area contributed by atoms with Crippen molar-refractivity contribution in [1.29, 1.82) is 0 Å². The molecule has 0 unspecified atom stereocenters. The lowest BCUT2D eigenvalue weighted by Gasteiger charge is -2.24. The van der Waals surface area contributed by atoms with Crippen molar-refractivity contribution in [3.8, 4) is 0 Å². The van der Waals surface area contributed by atoms with Gasteiger partial charge in [0, 0.05) is 13.1 Å². The molecule has 0 saturated heterocycles. The summed E-state index contributed by atoms with van der Waals surface area (Å²) in [5, 5.41) is 9.07. The van der Waals surface area contributed by atoms with Crippen LogP contribution in [0.4, 0.5) is 10.1 Å². The minimum Gasteiger partial charge on any atom is -0.478 e. The van der Waals surface area contributed by atoms with Crippen molar-refractivity contribution in [2.75, 3.05) is 18.0 Å². The number of carboxylic acid groups (broad SMARTS) is 1. The molecule has 0 atom stereocenters. The van der Waals surface area contributed by atoms with Crippen molar-refractivity contribution < 1.29 is 14.3 Å². The molecule has 1 aromatic rings. The van der Waals surface area contributed by atoms with Crippen LogP contribution in [0.1, 0.15) is 37.0 Å². The third kappa shape index (κ3) is 3.44. The molecule has 0 radical (unpaired) electrons. The molecule has 3 nitrogen and oxygen atoms in total. The van der Waals surface area contributed by atoms with E-state index in [4.69, 9.17) is 5.11 Å². The van der Waals surface area contributed by atoms with Gasteiger partial charge in [-0.05, 0) is 31.5 Å². The first-order chi connectivity index (χ1) is 8.10. The van der Waals surface area contributed by atoms with E-state index in [1.807, 2.05) is 11.8 Å². The van der Waals surface area contributed by atoms with Gasteiger partial charge in [-0.1, -0.05) is 13.3 Å². The fourth-order valence-electron chi connectivity index (χ4n) is 1.75. The number of hydrogen-bond donors (Lipinski definition) is 1. The summed E-state index contributed by atoms with van der Waals surface area (Å²) in [6.07, 6.45) is 2.03. The van der Waals surface area contributed by atoms with Crippen molar-refractivity contribution in [1.82, 2.24) is 0 Å². The van der Waals surface area contributed by atoms with Gasteiger partial charge >= 0.3 is 5.97 Å². The van der Waals surface area contributed by atoms with E-state index in [0.29, 0.717) is 12.2 Å². The first-order valence-electron chi connectivity index (χ1n) is 5.88. The number of carboxylic acids is 1. The van der Waals surface area contributed by atoms with Gasteiger partial charge in [0.25, 0.3) is 0 Å². The summed E-state index contributed by atoms with van der Waals surface area (Å²) in [4.78, 5) is 13.0. The summed E-state index contributed by atoms with van der Waals surface area (Å²) >= 11 is 0. The summed E-state index contributed by atoms with van der Waals surface area (Å²) in [5.41, 5.74) is 0.623. The number of hydrogen-bond acceptors (Lipinski definition) is 2. The second-order valence-corrected chi connectivity index (χ2v) is 3.90. The van der Waals surface area contributed by atoms with Crippen LogP contribution in [0.2, 0.25) is 0 Å². The first kappa shape index (κ1) is 13.5. The summed E-state index contributed by atoms with van der Waals surface area (Å²) in [7, 11) is 0. The Morgan fingerprint density at radius 2 is 2.12 bits per heavy atom. The number of nitrogens with zero attached hydrogens (tertiary/aromatic N) is 1. The van der Waals surface area contributed by atoms with Crippen LogP contribution < -0.4 is 4.90 Å². The molecule has 17 heavy (non-hydrogen) atoms. The van der Waals surface area contributed by atoms with E-state index in [-0.39, 0.29) is 5.56 Å². The zero-order chi connectivity index (χ0) is 12.8. The Morgan fingerprint density at radius 1 is 1.41 bits per heavy atom. The van der Waals surface area contributed by atoms with Crippen molar-refractivity contribution in [2.24, 2.45) is 0 Å². The topological polar surface area (TPSA) is 40.5 Å². The van der Waals surface area contributed by atoms with Crippen LogP contribution in [0.3, 0.4) is 0 Å². The van der Waals surface area contributed by atoms with E-state index in [1.165, 1.54) is 12.1 Å². The predicted octanol–water partition coefficient (Wildman–Crippen LogP) is 3.15. The van der Waals surface area contributed by atoms with Crippen LogP contribution in [-0.4, -0.2) is 24.2 Å². The zero-order valence-electron chi connectivity index (χ0n) is 10.2. The van der Waals surface area contributed by atoms with E-state index >= 15 is 0 Å². The van der Waals surface area contributed by atoms with Gasteiger partial charge in [-0.2, -0.15) is 0 Å². The molecule has 0 aliphatic rings. The number of benzene rings is 1. The summed E-state index contributed by atoms with van der Waals surface area (Å²) in [6.45, 7) is 5.55. The molecule has 0 bridgehead atoms. The molecular formula is C13H18FNO2. The van der Waals surface area contributed by atoms with Crippen LogP contribution in [0.25, 0.3) is 0 Å². The Labute approximate surface area is 101 Å². The molecule has 0 aliphatic carbocycles. The van der Waals surface area contributed by atoms with Gasteiger partial charge in [-0.15, -0.1) is 0 Å². The quantitative estimate of drug-likeness (QED) is 0.829. The highest BCUT2D eigenvalue weighted by Gasteiger charge is 2.15. The van der Waals surface area contributed by atoms with Crippen LogP contribution in [-0.2, 0) is 0 Å². The lowest BCUT2D eigenvalue weighted by molar-refractivity contribution is 0.0697. The fourth-order valence-corrected chi connectivity index (χ4v) is 1.75. The molecule has 0 amide bonds. The van der Waals surface area contributed by atoms with Crippen molar-refractivity contribution in [3.05, 3.63) is 29.6 Å². The van der Waals surface area contributed by atoms with E-state index in [2.05, 4.69) is 6.92 Å². The maximum absolute atomic E-state index is 13.0. The van der Waals surface area contributed by atoms with Gasteiger partial charge in [0.05, 0.1) is 11.3 Å². The molecule has 1 N–H and O–H groups in total. The number of rotatable bonds is 6. The highest BCUT2D eigenvalue weighted by Crippen LogP contribution is 2.22. The monoisotopic (exact) mass is 239 g/mol. The molecule has 1 rings (SSSR count). The number of anilines is 1. The van der Waals surface area contributed by atoms with E-state index in [1.54, 1.807) is 0 Å². The molecule has 4 heteroatoms. The van der Waals surface area contributed by atoms with Crippen LogP contribution in [0, 0.1) is 5.82 Å². The van der Waals surface area contributed by atoms with Crippen molar-refractivity contribution in [3.63, 3.8) is 0 Å². The zero-order valence-corrected chi connectivity index (χ0v) is 10.2. The molecule has 0 saturated carbocycles. The van der Waals surface area contributed by atoms with Gasteiger partial charge in [-0.3, -0.25) is 0 Å². The molecule has 0 aromatic heterocycles. The smallest absolute Gasteiger partial charge is 0.337 e. The minimum absolute atomic E-state index is 0.0305. The maximum Gasteiger partial charge on any atom is 0.337 e. The molecule has 94 valence electrons. The molecule has 0 spiro atoms. The number of halogens is 1. The van der Waals surface area contributed by atoms with E-state index in [9.17, 15) is 9.18 Å². The summed E-state index contributed by atoms with van der Waals surface area (Å²) in [6, 6.07) is 3.92. The second-order valence-electron chi connectivity index (χ2n) is 3.90. The highest BCUT2D eigenvalue weighted by atomic mass is 19.1. The normalized spacial score (nSPS) is 10.3. The van der Waals surface area contributed by atoms with Gasteiger partial charge in [0.2, 0.25) is 0 Å². The number of aromatic carboxylic acids is 1. The molecule has 1 aromatic carbocycles. The third-order valence-electron chi connectivity index (χ3n) is 2.69. The van der Waals surface area contributed by atoms with Gasteiger partial charge in [0.1, 0.15) is 5.82 Å². The van der Waals surface area contributed by atoms with Crippen LogP contribution in [0.5, 0.6) is 0 Å². The predicted molar refractivity (Wildman–Crippen MR) is 66.2 cm³/mol. The Balaban J connectivity index is 3.05. The largest absolute Gasteiger partial charge is 0.478 e. The maximum atomic E-state index is 13.0. The Bertz CT molecular complexity index is 393. The molecule has 0 heterocycles. The van der Waals surface area contributed by atoms with E-state index in [0.717, 1.165) is 25.5 Å². The Morgan fingerprint density at radius 3 is 2.65 bits per heavy atom. The minimum atomic E-state index is -1.09. The molecular weight excluding hydrogens is 221 g/mol. The SMILES string of the molecule is CCCCN(CC)c1ccc(F)cc1C(=O)O. The van der Waals surface area contributed by atoms with Crippen molar-refractivity contribution in [2.45, 2.75) is 26.7 Å². The lowest BCUT2D eigenvalue weighted by Crippen LogP contribution is -2.25. The lowest BCUT2D eigenvalue weighted by atomic mass is 10.1. The number of carbonyl (C=O) groups is 1. The highest BCUT2D eigenvalue weighted by molar-refractivity contribution is 5.94. The van der Waals surface area contributed by atoms with Crippen molar-refractivity contribution >= 4 is 11.7 Å². The van der Waals surface area contributed by atoms with Gasteiger partial charge < -0.3 is 10.0 Å². The first-order valence-corrected chi connectivity index (χ1v) is 5.88. The Hall–Kier alpha value is -1.58. The van der Waals surface area contributed by atoms with Gasteiger partial charge in [-0.25, -0.2) is 9.18 Å². The summed E-state index contributed by atoms with van der Waals surface area (Å²) < 4.78 is 13.0. The standard InChI is InChI=1S/C13H18FNO2/c1-3-5-8-15(4-2)12-7-6-10(14)9-11(12)13(16)17/h6-7,9H,3-5,8H2,1-2H3,(H,16,17). The van der Waals surface area contributed by atoms with Gasteiger partial charge in [0.15, 0.2) is 0 Å². The average molecular weight is 239 g/mol. The number of unbranched alkanes of at least 4 members (excludes halogenated alkanes) is 1. The Kier molecular flexibility index (Phi) is 4.94. The molecule has 0 aliphatic heterocycles. The third-order valence-corrected chi connectivity index (χ3v) is 2.69. The average Bonchev–Trinajstić information content (AvgIpc) is 2.31. The van der Waals surface area contributed by atoms with Crippen LogP contribution in [0.15, 0.2) is 18.2 Å². The molecule has 0 fully saturated rings.